The normalized spacial score (nSPS) is 11.6. The largest absolute Gasteiger partial charge is 0.293 e. The van der Waals surface area contributed by atoms with Gasteiger partial charge in [0.15, 0.2) is 0 Å². The van der Waals surface area contributed by atoms with Crippen molar-refractivity contribution in [1.29, 1.82) is 0 Å². The molecule has 0 bridgehead atoms. The van der Waals surface area contributed by atoms with Crippen molar-refractivity contribution in [3.63, 3.8) is 0 Å². The molecule has 4 aromatic heterocycles. The van der Waals surface area contributed by atoms with Gasteiger partial charge in [0.2, 0.25) is 0 Å². The number of benzene rings is 2. The van der Waals surface area contributed by atoms with E-state index in [0.29, 0.717) is 0 Å². The van der Waals surface area contributed by atoms with Gasteiger partial charge >= 0.3 is 0 Å². The molecular formula is C24H15N3S. The van der Waals surface area contributed by atoms with Crippen molar-refractivity contribution in [2.75, 3.05) is 0 Å². The zero-order valence-corrected chi connectivity index (χ0v) is 15.7. The van der Waals surface area contributed by atoms with E-state index in [1.54, 1.807) is 23.7 Å². The summed E-state index contributed by atoms with van der Waals surface area (Å²) in [5, 5.41) is 5.95. The molecule has 2 aromatic carbocycles. The molecule has 6 aromatic rings. The fraction of sp³-hybridized carbons (Fsp3) is 0. The number of hydrogen-bond acceptors (Lipinski definition) is 3. The number of nitrogens with zero attached hydrogens (tertiary/aromatic N) is 3. The topological polar surface area (TPSA) is 30.7 Å². The average Bonchev–Trinajstić information content (AvgIpc) is 3.37. The third-order valence-corrected chi connectivity index (χ3v) is 6.09. The van der Waals surface area contributed by atoms with E-state index in [9.17, 15) is 0 Å². The second-order valence-corrected chi connectivity index (χ2v) is 7.71. The number of pyridine rings is 2. The lowest BCUT2D eigenvalue weighted by Crippen LogP contribution is -1.98. The third kappa shape index (κ3) is 2.22. The number of rotatable bonds is 2. The Morgan fingerprint density at radius 2 is 1.61 bits per heavy atom. The Kier molecular flexibility index (Phi) is 3.34. The molecule has 6 rings (SSSR count). The molecule has 0 unspecified atom stereocenters. The fourth-order valence-electron chi connectivity index (χ4n) is 3.97. The molecule has 0 aliphatic heterocycles. The fourth-order valence-corrected chi connectivity index (χ4v) is 4.76. The molecular weight excluding hydrogens is 362 g/mol. The first-order chi connectivity index (χ1) is 13.9. The van der Waals surface area contributed by atoms with Crippen LogP contribution in [0.4, 0.5) is 0 Å². The van der Waals surface area contributed by atoms with E-state index in [4.69, 9.17) is 4.98 Å². The molecule has 0 radical (unpaired) electrons. The van der Waals surface area contributed by atoms with Crippen molar-refractivity contribution < 1.29 is 0 Å². The van der Waals surface area contributed by atoms with Crippen LogP contribution in [-0.2, 0) is 0 Å². The van der Waals surface area contributed by atoms with Gasteiger partial charge in [0, 0.05) is 38.8 Å². The highest BCUT2D eigenvalue weighted by Gasteiger charge is 2.16. The molecule has 0 amide bonds. The molecule has 28 heavy (non-hydrogen) atoms. The summed E-state index contributed by atoms with van der Waals surface area (Å²) >= 11 is 1.78. The standard InChI is InChI=1S/C24H15N3S/c1-2-6-21-17(4-1)18-8-9-22-19(12-15-28-22)24(18)27(21)23-7-3-5-20(26-23)16-10-13-25-14-11-16/h1-15H. The van der Waals surface area contributed by atoms with Crippen molar-refractivity contribution in [1.82, 2.24) is 14.5 Å². The number of aromatic nitrogens is 3. The molecule has 0 saturated carbocycles. The van der Waals surface area contributed by atoms with Gasteiger partial charge in [0.05, 0.1) is 16.7 Å². The van der Waals surface area contributed by atoms with Gasteiger partial charge in [-0.15, -0.1) is 11.3 Å². The van der Waals surface area contributed by atoms with E-state index in [1.165, 1.54) is 31.9 Å². The zero-order chi connectivity index (χ0) is 18.5. The molecule has 0 aliphatic rings. The lowest BCUT2D eigenvalue weighted by atomic mass is 10.1. The zero-order valence-electron chi connectivity index (χ0n) is 14.9. The monoisotopic (exact) mass is 377 g/mol. The van der Waals surface area contributed by atoms with E-state index in [-0.39, 0.29) is 0 Å². The highest BCUT2D eigenvalue weighted by molar-refractivity contribution is 7.17. The van der Waals surface area contributed by atoms with Crippen molar-refractivity contribution in [2.24, 2.45) is 0 Å². The van der Waals surface area contributed by atoms with E-state index in [1.807, 2.05) is 18.2 Å². The van der Waals surface area contributed by atoms with Gasteiger partial charge in [-0.25, -0.2) is 4.98 Å². The highest BCUT2D eigenvalue weighted by atomic mass is 32.1. The van der Waals surface area contributed by atoms with Crippen molar-refractivity contribution in [3.05, 3.63) is 90.6 Å². The molecule has 0 atom stereocenters. The Hall–Kier alpha value is -3.50. The Labute approximate surface area is 165 Å². The Bertz CT molecular complexity index is 1460. The van der Waals surface area contributed by atoms with E-state index >= 15 is 0 Å². The molecule has 3 nitrogen and oxygen atoms in total. The van der Waals surface area contributed by atoms with Crippen molar-refractivity contribution in [3.8, 4) is 17.1 Å². The summed E-state index contributed by atoms with van der Waals surface area (Å²) in [4.78, 5) is 9.14. The van der Waals surface area contributed by atoms with E-state index in [0.717, 1.165) is 17.1 Å². The van der Waals surface area contributed by atoms with E-state index in [2.05, 4.69) is 69.5 Å². The molecule has 0 aliphatic carbocycles. The molecule has 132 valence electrons. The number of hydrogen-bond donors (Lipinski definition) is 0. The van der Waals surface area contributed by atoms with Crippen molar-refractivity contribution >= 4 is 43.2 Å². The van der Waals surface area contributed by atoms with Gasteiger partial charge < -0.3 is 0 Å². The third-order valence-electron chi connectivity index (χ3n) is 5.21. The van der Waals surface area contributed by atoms with Crippen LogP contribution in [0.3, 0.4) is 0 Å². The van der Waals surface area contributed by atoms with Gasteiger partial charge in [-0.2, -0.15) is 0 Å². The first-order valence-corrected chi connectivity index (χ1v) is 10.1. The Balaban J connectivity index is 1.73. The summed E-state index contributed by atoms with van der Waals surface area (Å²) in [7, 11) is 0. The maximum Gasteiger partial charge on any atom is 0.138 e. The maximum absolute atomic E-state index is 5.02. The van der Waals surface area contributed by atoms with Crippen LogP contribution < -0.4 is 0 Å². The quantitative estimate of drug-likeness (QED) is 0.347. The molecule has 4 heterocycles. The van der Waals surface area contributed by atoms with Crippen LogP contribution in [0.15, 0.2) is 90.6 Å². The van der Waals surface area contributed by atoms with E-state index < -0.39 is 0 Å². The average molecular weight is 377 g/mol. The predicted molar refractivity (Wildman–Crippen MR) is 117 cm³/mol. The molecule has 0 spiro atoms. The van der Waals surface area contributed by atoms with Crippen LogP contribution in [0.5, 0.6) is 0 Å². The summed E-state index contributed by atoms with van der Waals surface area (Å²) in [6.07, 6.45) is 3.61. The number of fused-ring (bicyclic) bond motifs is 5. The van der Waals surface area contributed by atoms with Crippen LogP contribution in [0.1, 0.15) is 0 Å². The molecule has 0 N–H and O–H groups in total. The van der Waals surface area contributed by atoms with Gasteiger partial charge in [0.1, 0.15) is 5.82 Å². The minimum atomic E-state index is 0.930. The lowest BCUT2D eigenvalue weighted by molar-refractivity contribution is 1.09. The van der Waals surface area contributed by atoms with Crippen LogP contribution in [0.2, 0.25) is 0 Å². The molecule has 4 heteroatoms. The van der Waals surface area contributed by atoms with Crippen LogP contribution in [0, 0.1) is 0 Å². The second-order valence-electron chi connectivity index (χ2n) is 6.76. The van der Waals surface area contributed by atoms with Gasteiger partial charge in [-0.3, -0.25) is 9.55 Å². The van der Waals surface area contributed by atoms with Crippen molar-refractivity contribution in [2.45, 2.75) is 0 Å². The summed E-state index contributed by atoms with van der Waals surface area (Å²) in [5.41, 5.74) is 4.41. The highest BCUT2D eigenvalue weighted by Crippen LogP contribution is 2.37. The number of thiophene rings is 1. The SMILES string of the molecule is c1cc(-c2ccncc2)nc(-n2c3ccccc3c3ccc4sccc4c32)c1. The Morgan fingerprint density at radius 3 is 2.54 bits per heavy atom. The first-order valence-electron chi connectivity index (χ1n) is 9.17. The Morgan fingerprint density at radius 1 is 0.714 bits per heavy atom. The minimum Gasteiger partial charge on any atom is -0.293 e. The van der Waals surface area contributed by atoms with Crippen LogP contribution >= 0.6 is 11.3 Å². The molecule has 0 saturated heterocycles. The summed E-state index contributed by atoms with van der Waals surface area (Å²) in [5.74, 6) is 0.930. The van der Waals surface area contributed by atoms with Gasteiger partial charge in [-0.1, -0.05) is 30.3 Å². The number of para-hydroxylation sites is 1. The molecule has 0 fully saturated rings. The second kappa shape index (κ2) is 6.01. The summed E-state index contributed by atoms with van der Waals surface area (Å²) < 4.78 is 3.59. The minimum absolute atomic E-state index is 0.930. The first kappa shape index (κ1) is 15.5. The summed E-state index contributed by atoms with van der Waals surface area (Å²) in [6.45, 7) is 0. The predicted octanol–water partition coefficient (Wildman–Crippen LogP) is 6.46. The van der Waals surface area contributed by atoms with Crippen LogP contribution in [-0.4, -0.2) is 14.5 Å². The lowest BCUT2D eigenvalue weighted by Gasteiger charge is -2.09. The van der Waals surface area contributed by atoms with Gasteiger partial charge in [0.25, 0.3) is 0 Å². The van der Waals surface area contributed by atoms with Gasteiger partial charge in [-0.05, 0) is 47.8 Å². The summed E-state index contributed by atoms with van der Waals surface area (Å²) in [6, 6.07) is 25.4. The maximum atomic E-state index is 5.02. The van der Waals surface area contributed by atoms with Crippen LogP contribution in [0.25, 0.3) is 49.0 Å². The smallest absolute Gasteiger partial charge is 0.138 e.